The summed E-state index contributed by atoms with van der Waals surface area (Å²) in [5, 5.41) is 9.14. The maximum absolute atomic E-state index is 11.2. The first-order valence-corrected chi connectivity index (χ1v) is 5.37. The minimum absolute atomic E-state index is 0.00470. The van der Waals surface area contributed by atoms with Crippen molar-refractivity contribution in [2.75, 3.05) is 13.7 Å². The number of aryl methyl sites for hydroxylation is 2. The standard InChI is InChI=1S/C13H18O4/c1-9-5-6-11(7-10(9)2)17-13(3,8-16-4)12(14)15/h5-7H,8H2,1-4H3,(H,14,15). The number of aliphatic carboxylic acids is 1. The van der Waals surface area contributed by atoms with Crippen LogP contribution in [0.1, 0.15) is 18.1 Å². The summed E-state index contributed by atoms with van der Waals surface area (Å²) in [7, 11) is 1.45. The Labute approximate surface area is 101 Å². The van der Waals surface area contributed by atoms with Gasteiger partial charge < -0.3 is 14.6 Å². The topological polar surface area (TPSA) is 55.8 Å². The molecular weight excluding hydrogens is 220 g/mol. The number of methoxy groups -OCH3 is 1. The predicted octanol–water partition coefficient (Wildman–Crippen LogP) is 2.17. The van der Waals surface area contributed by atoms with E-state index in [1.54, 1.807) is 6.07 Å². The molecule has 1 aromatic rings. The molecule has 17 heavy (non-hydrogen) atoms. The SMILES string of the molecule is COCC(C)(Oc1ccc(C)c(C)c1)C(=O)O. The van der Waals surface area contributed by atoms with Gasteiger partial charge in [0.1, 0.15) is 5.75 Å². The molecular formula is C13H18O4. The van der Waals surface area contributed by atoms with Gasteiger partial charge in [-0.1, -0.05) is 6.07 Å². The lowest BCUT2D eigenvalue weighted by Crippen LogP contribution is -2.45. The number of rotatable bonds is 5. The molecule has 94 valence electrons. The number of carbonyl (C=O) groups is 1. The first-order valence-electron chi connectivity index (χ1n) is 5.37. The highest BCUT2D eigenvalue weighted by atomic mass is 16.6. The van der Waals surface area contributed by atoms with Crippen molar-refractivity contribution in [3.63, 3.8) is 0 Å². The van der Waals surface area contributed by atoms with E-state index < -0.39 is 11.6 Å². The van der Waals surface area contributed by atoms with E-state index in [0.29, 0.717) is 5.75 Å². The normalized spacial score (nSPS) is 14.1. The molecule has 0 saturated carbocycles. The molecule has 0 aromatic heterocycles. The van der Waals surface area contributed by atoms with E-state index in [1.807, 2.05) is 26.0 Å². The zero-order valence-corrected chi connectivity index (χ0v) is 10.6. The summed E-state index contributed by atoms with van der Waals surface area (Å²) < 4.78 is 10.4. The Morgan fingerprint density at radius 1 is 1.35 bits per heavy atom. The lowest BCUT2D eigenvalue weighted by Gasteiger charge is -2.25. The molecule has 4 heteroatoms. The van der Waals surface area contributed by atoms with Crippen LogP contribution in [0.2, 0.25) is 0 Å². The molecule has 1 N–H and O–H groups in total. The van der Waals surface area contributed by atoms with Gasteiger partial charge in [-0.2, -0.15) is 0 Å². The quantitative estimate of drug-likeness (QED) is 0.854. The molecule has 0 bridgehead atoms. The lowest BCUT2D eigenvalue weighted by molar-refractivity contribution is -0.158. The summed E-state index contributed by atoms with van der Waals surface area (Å²) in [6.07, 6.45) is 0. The fourth-order valence-corrected chi connectivity index (χ4v) is 1.45. The van der Waals surface area contributed by atoms with Crippen molar-refractivity contribution in [1.29, 1.82) is 0 Å². The van der Waals surface area contributed by atoms with Crippen molar-refractivity contribution in [1.82, 2.24) is 0 Å². The monoisotopic (exact) mass is 238 g/mol. The summed E-state index contributed by atoms with van der Waals surface area (Å²) >= 11 is 0. The molecule has 1 rings (SSSR count). The molecule has 1 atom stereocenters. The fraction of sp³-hybridized carbons (Fsp3) is 0.462. The number of carboxylic acid groups (broad SMARTS) is 1. The Hall–Kier alpha value is -1.55. The zero-order valence-electron chi connectivity index (χ0n) is 10.6. The van der Waals surface area contributed by atoms with Gasteiger partial charge in [0, 0.05) is 7.11 Å². The smallest absolute Gasteiger partial charge is 0.350 e. The van der Waals surface area contributed by atoms with Crippen molar-refractivity contribution < 1.29 is 19.4 Å². The van der Waals surface area contributed by atoms with Gasteiger partial charge in [0.25, 0.3) is 0 Å². The van der Waals surface area contributed by atoms with Crippen LogP contribution in [-0.4, -0.2) is 30.4 Å². The van der Waals surface area contributed by atoms with E-state index in [9.17, 15) is 4.79 Å². The highest BCUT2D eigenvalue weighted by Gasteiger charge is 2.35. The van der Waals surface area contributed by atoms with Crippen LogP contribution in [0.3, 0.4) is 0 Å². The third-order valence-corrected chi connectivity index (χ3v) is 2.69. The molecule has 0 amide bonds. The Morgan fingerprint density at radius 3 is 2.47 bits per heavy atom. The van der Waals surface area contributed by atoms with Gasteiger partial charge in [0.15, 0.2) is 0 Å². The van der Waals surface area contributed by atoms with E-state index in [1.165, 1.54) is 14.0 Å². The molecule has 1 unspecified atom stereocenters. The average molecular weight is 238 g/mol. The Bertz CT molecular complexity index is 414. The van der Waals surface area contributed by atoms with Gasteiger partial charge in [-0.15, -0.1) is 0 Å². The minimum Gasteiger partial charge on any atom is -0.478 e. The van der Waals surface area contributed by atoms with Gasteiger partial charge in [0.05, 0.1) is 6.61 Å². The second kappa shape index (κ2) is 5.19. The van der Waals surface area contributed by atoms with Crippen LogP contribution < -0.4 is 4.74 Å². The molecule has 4 nitrogen and oxygen atoms in total. The summed E-state index contributed by atoms with van der Waals surface area (Å²) in [6, 6.07) is 5.49. The van der Waals surface area contributed by atoms with Gasteiger partial charge in [0.2, 0.25) is 5.60 Å². The van der Waals surface area contributed by atoms with Crippen molar-refractivity contribution in [3.05, 3.63) is 29.3 Å². The fourth-order valence-electron chi connectivity index (χ4n) is 1.45. The van der Waals surface area contributed by atoms with E-state index in [4.69, 9.17) is 14.6 Å². The molecule has 0 aliphatic carbocycles. The van der Waals surface area contributed by atoms with Crippen LogP contribution in [-0.2, 0) is 9.53 Å². The third-order valence-electron chi connectivity index (χ3n) is 2.69. The summed E-state index contributed by atoms with van der Waals surface area (Å²) in [4.78, 5) is 11.2. The van der Waals surface area contributed by atoms with Crippen LogP contribution in [0.5, 0.6) is 5.75 Å². The second-order valence-electron chi connectivity index (χ2n) is 4.32. The van der Waals surface area contributed by atoms with E-state index >= 15 is 0 Å². The largest absolute Gasteiger partial charge is 0.478 e. The highest BCUT2D eigenvalue weighted by Crippen LogP contribution is 2.22. The zero-order chi connectivity index (χ0) is 13.1. The number of hydrogen-bond acceptors (Lipinski definition) is 3. The van der Waals surface area contributed by atoms with E-state index in [2.05, 4.69) is 0 Å². The number of carboxylic acids is 1. The summed E-state index contributed by atoms with van der Waals surface area (Å²) in [5.41, 5.74) is 0.838. The molecule has 0 fully saturated rings. The van der Waals surface area contributed by atoms with Crippen molar-refractivity contribution in [2.24, 2.45) is 0 Å². The average Bonchev–Trinajstić information content (AvgIpc) is 2.23. The Balaban J connectivity index is 2.94. The van der Waals surface area contributed by atoms with Crippen molar-refractivity contribution >= 4 is 5.97 Å². The summed E-state index contributed by atoms with van der Waals surface area (Å²) in [5.74, 6) is -0.507. The molecule has 0 aliphatic rings. The Kier molecular flexibility index (Phi) is 4.12. The minimum atomic E-state index is -1.36. The molecule has 1 aromatic carbocycles. The van der Waals surface area contributed by atoms with Gasteiger partial charge in [-0.3, -0.25) is 0 Å². The summed E-state index contributed by atoms with van der Waals surface area (Å²) in [6.45, 7) is 5.44. The lowest BCUT2D eigenvalue weighted by atomic mass is 10.1. The number of ether oxygens (including phenoxy) is 2. The van der Waals surface area contributed by atoms with Crippen LogP contribution in [0, 0.1) is 13.8 Å². The number of hydrogen-bond donors (Lipinski definition) is 1. The van der Waals surface area contributed by atoms with Crippen LogP contribution in [0.25, 0.3) is 0 Å². The van der Waals surface area contributed by atoms with Gasteiger partial charge in [-0.05, 0) is 44.0 Å². The van der Waals surface area contributed by atoms with Gasteiger partial charge in [-0.25, -0.2) is 4.79 Å². The molecule has 0 radical (unpaired) electrons. The number of benzene rings is 1. The van der Waals surface area contributed by atoms with Crippen LogP contribution >= 0.6 is 0 Å². The molecule has 0 heterocycles. The Morgan fingerprint density at radius 2 is 2.00 bits per heavy atom. The first-order chi connectivity index (χ1) is 7.89. The van der Waals surface area contributed by atoms with E-state index in [-0.39, 0.29) is 6.61 Å². The maximum Gasteiger partial charge on any atom is 0.350 e. The molecule has 0 saturated heterocycles. The second-order valence-corrected chi connectivity index (χ2v) is 4.32. The van der Waals surface area contributed by atoms with Gasteiger partial charge >= 0.3 is 5.97 Å². The van der Waals surface area contributed by atoms with Crippen molar-refractivity contribution in [2.45, 2.75) is 26.4 Å². The first kappa shape index (κ1) is 13.5. The van der Waals surface area contributed by atoms with E-state index in [0.717, 1.165) is 11.1 Å². The molecule has 0 aliphatic heterocycles. The maximum atomic E-state index is 11.2. The third kappa shape index (κ3) is 3.20. The van der Waals surface area contributed by atoms with Crippen LogP contribution in [0.15, 0.2) is 18.2 Å². The molecule has 0 spiro atoms. The highest BCUT2D eigenvalue weighted by molar-refractivity contribution is 5.77. The van der Waals surface area contributed by atoms with Crippen LogP contribution in [0.4, 0.5) is 0 Å². The van der Waals surface area contributed by atoms with Crippen molar-refractivity contribution in [3.8, 4) is 5.75 Å². The predicted molar refractivity (Wildman–Crippen MR) is 64.5 cm³/mol.